The van der Waals surface area contributed by atoms with Crippen LogP contribution in [0.5, 0.6) is 0 Å². The summed E-state index contributed by atoms with van der Waals surface area (Å²) in [6, 6.07) is 0. The van der Waals surface area contributed by atoms with E-state index in [4.69, 9.17) is 37.0 Å². The van der Waals surface area contributed by atoms with Crippen molar-refractivity contribution in [2.24, 2.45) is 23.7 Å². The number of hydrogen-bond acceptors (Lipinski definition) is 15. The van der Waals surface area contributed by atoms with Gasteiger partial charge in [0.2, 0.25) is 0 Å². The average molecular weight is 1350 g/mol. The van der Waals surface area contributed by atoms with Crippen molar-refractivity contribution in [2.45, 2.75) is 382 Å². The second-order valence-corrected chi connectivity index (χ2v) is 31.1. The van der Waals surface area contributed by atoms with E-state index in [1.165, 1.54) is 161 Å². The molecule has 0 radical (unpaired) electrons. The number of aliphatic hydroxyl groups excluding tert-OH is 1. The van der Waals surface area contributed by atoms with Crippen molar-refractivity contribution < 1.29 is 80.2 Å². The van der Waals surface area contributed by atoms with Crippen LogP contribution in [0.3, 0.4) is 0 Å². The molecule has 5 atom stereocenters. The van der Waals surface area contributed by atoms with Gasteiger partial charge in [-0.15, -0.1) is 0 Å². The van der Waals surface area contributed by atoms with E-state index in [0.29, 0.717) is 31.6 Å². The van der Waals surface area contributed by atoms with E-state index in [0.717, 1.165) is 114 Å². The highest BCUT2D eigenvalue weighted by molar-refractivity contribution is 7.47. The third kappa shape index (κ3) is 66.7. The molecule has 0 aliphatic heterocycles. The molecule has 546 valence electrons. The Morgan fingerprint density at radius 1 is 0.272 bits per heavy atom. The highest BCUT2D eigenvalue weighted by atomic mass is 31.2. The Kier molecular flexibility index (Phi) is 61.3. The van der Waals surface area contributed by atoms with Crippen molar-refractivity contribution in [3.05, 3.63) is 0 Å². The Morgan fingerprint density at radius 2 is 0.457 bits per heavy atom. The van der Waals surface area contributed by atoms with Crippen LogP contribution in [-0.4, -0.2) is 96.7 Å². The largest absolute Gasteiger partial charge is 0.472 e. The number of carbonyl (C=O) groups excluding carboxylic acids is 4. The molecule has 0 heterocycles. The van der Waals surface area contributed by atoms with Gasteiger partial charge in [0.05, 0.1) is 26.4 Å². The van der Waals surface area contributed by atoms with Crippen molar-refractivity contribution in [3.63, 3.8) is 0 Å². The van der Waals surface area contributed by atoms with Gasteiger partial charge in [0.25, 0.3) is 0 Å². The van der Waals surface area contributed by atoms with Crippen LogP contribution in [-0.2, 0) is 65.4 Å². The third-order valence-electron chi connectivity index (χ3n) is 16.8. The molecular formula is C73H142O17P2. The van der Waals surface area contributed by atoms with E-state index in [1.54, 1.807) is 0 Å². The van der Waals surface area contributed by atoms with E-state index >= 15 is 0 Å². The van der Waals surface area contributed by atoms with Crippen LogP contribution in [0.1, 0.15) is 364 Å². The predicted octanol–water partition coefficient (Wildman–Crippen LogP) is 20.9. The first-order chi connectivity index (χ1) is 44.1. The summed E-state index contributed by atoms with van der Waals surface area (Å²) in [4.78, 5) is 72.6. The van der Waals surface area contributed by atoms with E-state index in [9.17, 15) is 43.2 Å². The van der Waals surface area contributed by atoms with Gasteiger partial charge in [-0.2, -0.15) is 0 Å². The van der Waals surface area contributed by atoms with Crippen molar-refractivity contribution in [3.8, 4) is 0 Å². The number of unbranched alkanes of at least 4 members (excludes halogenated alkanes) is 36. The topological polar surface area (TPSA) is 237 Å². The maximum Gasteiger partial charge on any atom is 0.472 e. The Morgan fingerprint density at radius 3 is 0.674 bits per heavy atom. The number of rotatable bonds is 70. The Hall–Kier alpha value is -1.94. The van der Waals surface area contributed by atoms with Gasteiger partial charge in [-0.3, -0.25) is 37.3 Å². The maximum absolute atomic E-state index is 13.0. The van der Waals surface area contributed by atoms with E-state index < -0.39 is 97.5 Å². The molecule has 0 bridgehead atoms. The minimum atomic E-state index is -4.95. The standard InChI is InChI=1S/C73H142O17P2/c1-63(2)49-41-33-25-18-15-13-11-9-10-12-14-16-20-30-39-47-55-72(77)89-69(60-84-71(76)54-46-38-32-24-28-36-44-52-66(7)8)62-88-92(81,82)86-58-67(74)57-85-91(79,80)87-61-68(59-83-70(75)53-45-37-29-23-22-27-35-43-51-65(5)6)90-73(78)56-48-40-31-21-17-19-26-34-42-50-64(3)4/h63-69,74H,9-62H2,1-8H3,(H,79,80)(H,81,82)/t67?,68-,69-/m1/s1. The number of phosphoric acid groups is 2. The highest BCUT2D eigenvalue weighted by Crippen LogP contribution is 2.45. The molecule has 0 saturated heterocycles. The van der Waals surface area contributed by atoms with Crippen LogP contribution < -0.4 is 0 Å². The molecule has 92 heavy (non-hydrogen) atoms. The third-order valence-corrected chi connectivity index (χ3v) is 18.7. The van der Waals surface area contributed by atoms with Gasteiger partial charge in [0, 0.05) is 25.7 Å². The fraction of sp³-hybridized carbons (Fsp3) is 0.945. The predicted molar refractivity (Wildman–Crippen MR) is 372 cm³/mol. The zero-order chi connectivity index (χ0) is 68.2. The first-order valence-corrected chi connectivity index (χ1v) is 40.7. The molecule has 0 aromatic heterocycles. The van der Waals surface area contributed by atoms with Gasteiger partial charge in [0.15, 0.2) is 12.2 Å². The molecule has 0 aliphatic carbocycles. The number of aliphatic hydroxyl groups is 1. The Labute approximate surface area is 562 Å². The van der Waals surface area contributed by atoms with E-state index in [2.05, 4.69) is 55.4 Å². The Bertz CT molecular complexity index is 1820. The average Bonchev–Trinajstić information content (AvgIpc) is 2.53. The minimum absolute atomic E-state index is 0.104. The monoisotopic (exact) mass is 1350 g/mol. The van der Waals surface area contributed by atoms with Crippen LogP contribution in [0.4, 0.5) is 0 Å². The normalized spacial score (nSPS) is 14.2. The lowest BCUT2D eigenvalue weighted by Crippen LogP contribution is -2.30. The molecule has 3 N–H and O–H groups in total. The van der Waals surface area contributed by atoms with Crippen LogP contribution in [0.25, 0.3) is 0 Å². The molecule has 0 aliphatic rings. The summed E-state index contributed by atoms with van der Waals surface area (Å²) in [5.41, 5.74) is 0. The summed E-state index contributed by atoms with van der Waals surface area (Å²) in [6.45, 7) is 14.1. The molecule has 0 saturated carbocycles. The number of esters is 4. The fourth-order valence-electron chi connectivity index (χ4n) is 11.0. The molecule has 3 unspecified atom stereocenters. The highest BCUT2D eigenvalue weighted by Gasteiger charge is 2.30. The van der Waals surface area contributed by atoms with Gasteiger partial charge in [0.1, 0.15) is 19.3 Å². The SMILES string of the molecule is CC(C)CCCCCCCCCCCCCCCCCCC(=O)O[C@H](COC(=O)CCCCCCCCCC(C)C)COP(=O)(O)OCC(O)COP(=O)(O)OC[C@@H](COC(=O)CCCCCCCCCCC(C)C)OC(=O)CCCCCCCCCCCC(C)C. The van der Waals surface area contributed by atoms with Gasteiger partial charge in [-0.25, -0.2) is 9.13 Å². The molecule has 0 aromatic carbocycles. The number of ether oxygens (including phenoxy) is 4. The smallest absolute Gasteiger partial charge is 0.462 e. The van der Waals surface area contributed by atoms with Gasteiger partial charge in [-0.05, 0) is 49.4 Å². The van der Waals surface area contributed by atoms with Crippen LogP contribution >= 0.6 is 15.6 Å². The summed E-state index contributed by atoms with van der Waals surface area (Å²) in [5, 5.41) is 10.6. The van der Waals surface area contributed by atoms with E-state index in [-0.39, 0.29) is 25.7 Å². The van der Waals surface area contributed by atoms with Gasteiger partial charge >= 0.3 is 39.5 Å². The summed E-state index contributed by atoms with van der Waals surface area (Å²) in [5.74, 6) is 0.850. The number of hydrogen-bond donors (Lipinski definition) is 3. The second kappa shape index (κ2) is 62.6. The van der Waals surface area contributed by atoms with Crippen molar-refractivity contribution in [1.29, 1.82) is 0 Å². The molecule has 0 rings (SSSR count). The molecule has 0 amide bonds. The Balaban J connectivity index is 5.21. The molecule has 0 aromatic rings. The molecule has 17 nitrogen and oxygen atoms in total. The summed E-state index contributed by atoms with van der Waals surface area (Å²) < 4.78 is 68.4. The lowest BCUT2D eigenvalue weighted by atomic mass is 10.0. The fourth-order valence-corrected chi connectivity index (χ4v) is 12.6. The summed E-state index contributed by atoms with van der Waals surface area (Å²) >= 11 is 0. The zero-order valence-corrected chi connectivity index (χ0v) is 62.0. The van der Waals surface area contributed by atoms with Crippen LogP contribution in [0.15, 0.2) is 0 Å². The quantitative estimate of drug-likeness (QED) is 0.0222. The first-order valence-electron chi connectivity index (χ1n) is 37.7. The van der Waals surface area contributed by atoms with Gasteiger partial charge in [-0.1, -0.05) is 312 Å². The van der Waals surface area contributed by atoms with Crippen LogP contribution in [0.2, 0.25) is 0 Å². The molecule has 19 heteroatoms. The lowest BCUT2D eigenvalue weighted by Gasteiger charge is -2.21. The minimum Gasteiger partial charge on any atom is -0.462 e. The van der Waals surface area contributed by atoms with E-state index in [1.807, 2.05) is 0 Å². The summed E-state index contributed by atoms with van der Waals surface area (Å²) in [6.07, 6.45) is 46.0. The number of carbonyl (C=O) groups is 4. The van der Waals surface area contributed by atoms with Crippen molar-refractivity contribution in [2.75, 3.05) is 39.6 Å². The molecular weight excluding hydrogens is 1210 g/mol. The van der Waals surface area contributed by atoms with Crippen LogP contribution in [0, 0.1) is 23.7 Å². The van der Waals surface area contributed by atoms with Gasteiger partial charge < -0.3 is 33.8 Å². The molecule has 0 spiro atoms. The summed E-state index contributed by atoms with van der Waals surface area (Å²) in [7, 11) is -9.91. The van der Waals surface area contributed by atoms with Crippen molar-refractivity contribution >= 4 is 39.5 Å². The van der Waals surface area contributed by atoms with Crippen molar-refractivity contribution in [1.82, 2.24) is 0 Å². The maximum atomic E-state index is 13.0. The zero-order valence-electron chi connectivity index (χ0n) is 60.2. The number of phosphoric ester groups is 2. The first kappa shape index (κ1) is 90.1. The molecule has 0 fully saturated rings. The second-order valence-electron chi connectivity index (χ2n) is 28.2. The lowest BCUT2D eigenvalue weighted by molar-refractivity contribution is -0.161.